The highest BCUT2D eigenvalue weighted by Gasteiger charge is 2.40. The smallest absolute Gasteiger partial charge is 0.240 e. The van der Waals surface area contributed by atoms with Crippen molar-refractivity contribution in [3.05, 3.63) is 29.8 Å². The van der Waals surface area contributed by atoms with Crippen molar-refractivity contribution >= 4 is 5.91 Å². The fraction of sp³-hybridized carbons (Fsp3) is 0.588. The first-order valence-corrected chi connectivity index (χ1v) is 7.81. The van der Waals surface area contributed by atoms with Crippen LogP contribution >= 0.6 is 0 Å². The Bertz CT molecular complexity index is 481. The lowest BCUT2D eigenvalue weighted by Crippen LogP contribution is -2.53. The Labute approximate surface area is 127 Å². The average Bonchev–Trinajstić information content (AvgIpc) is 2.97. The SMILES string of the molecule is CCCC1(C(=O)NC(C)c2cccc(OC)c2)CCCN1. The number of ether oxygens (including phenoxy) is 1. The second kappa shape index (κ2) is 6.94. The summed E-state index contributed by atoms with van der Waals surface area (Å²) >= 11 is 0. The van der Waals surface area contributed by atoms with E-state index >= 15 is 0 Å². The van der Waals surface area contributed by atoms with E-state index in [1.54, 1.807) is 7.11 Å². The van der Waals surface area contributed by atoms with Crippen molar-refractivity contribution in [3.63, 3.8) is 0 Å². The maximum absolute atomic E-state index is 12.7. The minimum Gasteiger partial charge on any atom is -0.497 e. The van der Waals surface area contributed by atoms with Crippen molar-refractivity contribution < 1.29 is 9.53 Å². The van der Waals surface area contributed by atoms with Gasteiger partial charge in [0.25, 0.3) is 0 Å². The van der Waals surface area contributed by atoms with Gasteiger partial charge in [0.05, 0.1) is 18.7 Å². The molecule has 0 radical (unpaired) electrons. The van der Waals surface area contributed by atoms with E-state index in [2.05, 4.69) is 17.6 Å². The fourth-order valence-electron chi connectivity index (χ4n) is 3.08. The van der Waals surface area contributed by atoms with Crippen molar-refractivity contribution in [1.29, 1.82) is 0 Å². The van der Waals surface area contributed by atoms with Crippen LogP contribution in [0.15, 0.2) is 24.3 Å². The predicted molar refractivity (Wildman–Crippen MR) is 84.4 cm³/mol. The van der Waals surface area contributed by atoms with Gasteiger partial charge in [-0.05, 0) is 50.4 Å². The predicted octanol–water partition coefficient (Wildman–Crippen LogP) is 2.79. The van der Waals surface area contributed by atoms with E-state index in [4.69, 9.17) is 4.74 Å². The normalized spacial score (nSPS) is 22.8. The Kier molecular flexibility index (Phi) is 5.23. The molecule has 2 N–H and O–H groups in total. The first-order valence-electron chi connectivity index (χ1n) is 7.81. The van der Waals surface area contributed by atoms with E-state index in [1.165, 1.54) is 0 Å². The zero-order valence-corrected chi connectivity index (χ0v) is 13.2. The molecule has 1 saturated heterocycles. The van der Waals surface area contributed by atoms with Crippen LogP contribution in [0.3, 0.4) is 0 Å². The summed E-state index contributed by atoms with van der Waals surface area (Å²) in [5.74, 6) is 0.938. The summed E-state index contributed by atoms with van der Waals surface area (Å²) in [4.78, 5) is 12.7. The molecular weight excluding hydrogens is 264 g/mol. The molecule has 1 amide bonds. The Morgan fingerprint density at radius 3 is 2.95 bits per heavy atom. The van der Waals surface area contributed by atoms with Crippen molar-refractivity contribution in [2.75, 3.05) is 13.7 Å². The molecule has 4 heteroatoms. The number of hydrogen-bond acceptors (Lipinski definition) is 3. The lowest BCUT2D eigenvalue weighted by Gasteiger charge is -2.29. The Morgan fingerprint density at radius 2 is 2.33 bits per heavy atom. The van der Waals surface area contributed by atoms with Gasteiger partial charge in [-0.15, -0.1) is 0 Å². The molecule has 116 valence electrons. The third-order valence-corrected chi connectivity index (χ3v) is 4.30. The summed E-state index contributed by atoms with van der Waals surface area (Å²) < 4.78 is 5.24. The number of methoxy groups -OCH3 is 1. The lowest BCUT2D eigenvalue weighted by atomic mass is 9.90. The molecule has 1 aliphatic heterocycles. The van der Waals surface area contributed by atoms with Gasteiger partial charge in [0.15, 0.2) is 0 Å². The van der Waals surface area contributed by atoms with E-state index in [-0.39, 0.29) is 17.5 Å². The third kappa shape index (κ3) is 3.56. The number of benzene rings is 1. The van der Waals surface area contributed by atoms with E-state index in [0.717, 1.165) is 43.5 Å². The molecule has 1 aromatic carbocycles. The van der Waals surface area contributed by atoms with E-state index < -0.39 is 0 Å². The molecule has 1 aliphatic rings. The number of carbonyl (C=O) groups is 1. The van der Waals surface area contributed by atoms with Crippen LogP contribution in [-0.4, -0.2) is 25.1 Å². The molecule has 0 bridgehead atoms. The maximum Gasteiger partial charge on any atom is 0.240 e. The number of amides is 1. The van der Waals surface area contributed by atoms with Crippen LogP contribution in [0.4, 0.5) is 0 Å². The summed E-state index contributed by atoms with van der Waals surface area (Å²) in [6.45, 7) is 5.07. The topological polar surface area (TPSA) is 50.4 Å². The standard InChI is InChI=1S/C17H26N2O2/c1-4-9-17(10-6-11-18-17)16(20)19-13(2)14-7-5-8-15(12-14)21-3/h5,7-8,12-13,18H,4,6,9-11H2,1-3H3,(H,19,20). The van der Waals surface area contributed by atoms with Crippen LogP contribution in [0.2, 0.25) is 0 Å². The Hall–Kier alpha value is -1.55. The third-order valence-electron chi connectivity index (χ3n) is 4.30. The Morgan fingerprint density at radius 1 is 1.52 bits per heavy atom. The summed E-state index contributed by atoms with van der Waals surface area (Å²) in [5, 5.41) is 6.57. The largest absolute Gasteiger partial charge is 0.497 e. The van der Waals surface area contributed by atoms with Gasteiger partial charge >= 0.3 is 0 Å². The van der Waals surface area contributed by atoms with Crippen LogP contribution in [0.25, 0.3) is 0 Å². The second-order valence-corrected chi connectivity index (χ2v) is 5.83. The molecule has 0 aromatic heterocycles. The van der Waals surface area contributed by atoms with Crippen molar-refractivity contribution in [3.8, 4) is 5.75 Å². The van der Waals surface area contributed by atoms with Crippen molar-refractivity contribution in [1.82, 2.24) is 10.6 Å². The van der Waals surface area contributed by atoms with E-state index in [9.17, 15) is 4.79 Å². The molecule has 2 unspecified atom stereocenters. The van der Waals surface area contributed by atoms with Gasteiger partial charge in [0.2, 0.25) is 5.91 Å². The van der Waals surface area contributed by atoms with Gasteiger partial charge < -0.3 is 15.4 Å². The minimum absolute atomic E-state index is 0.0243. The van der Waals surface area contributed by atoms with Crippen molar-refractivity contribution in [2.24, 2.45) is 0 Å². The zero-order chi connectivity index (χ0) is 15.3. The Balaban J connectivity index is 2.06. The molecule has 2 rings (SSSR count). The van der Waals surface area contributed by atoms with Crippen molar-refractivity contribution in [2.45, 2.75) is 51.1 Å². The van der Waals surface area contributed by atoms with Crippen LogP contribution < -0.4 is 15.4 Å². The second-order valence-electron chi connectivity index (χ2n) is 5.83. The summed E-state index contributed by atoms with van der Waals surface area (Å²) in [7, 11) is 1.65. The molecule has 1 aromatic rings. The van der Waals surface area contributed by atoms with E-state index in [0.29, 0.717) is 0 Å². The quantitative estimate of drug-likeness (QED) is 0.847. The van der Waals surface area contributed by atoms with E-state index in [1.807, 2.05) is 31.2 Å². The number of carbonyl (C=O) groups excluding carboxylic acids is 1. The molecule has 2 atom stereocenters. The molecule has 0 saturated carbocycles. The highest BCUT2D eigenvalue weighted by atomic mass is 16.5. The molecule has 21 heavy (non-hydrogen) atoms. The molecule has 1 heterocycles. The highest BCUT2D eigenvalue weighted by molar-refractivity contribution is 5.87. The molecule has 1 fully saturated rings. The average molecular weight is 290 g/mol. The molecule has 4 nitrogen and oxygen atoms in total. The van der Waals surface area contributed by atoms with Crippen LogP contribution in [-0.2, 0) is 4.79 Å². The van der Waals surface area contributed by atoms with Crippen LogP contribution in [0.5, 0.6) is 5.75 Å². The lowest BCUT2D eigenvalue weighted by molar-refractivity contribution is -0.128. The summed E-state index contributed by atoms with van der Waals surface area (Å²) in [6, 6.07) is 7.83. The molecule has 0 spiro atoms. The maximum atomic E-state index is 12.7. The summed E-state index contributed by atoms with van der Waals surface area (Å²) in [5.41, 5.74) is 0.689. The first kappa shape index (κ1) is 15.8. The van der Waals surface area contributed by atoms with Gasteiger partial charge in [0, 0.05) is 0 Å². The first-order chi connectivity index (χ1) is 10.1. The van der Waals surface area contributed by atoms with Crippen LogP contribution in [0.1, 0.15) is 51.1 Å². The van der Waals surface area contributed by atoms with Gasteiger partial charge in [-0.25, -0.2) is 0 Å². The zero-order valence-electron chi connectivity index (χ0n) is 13.2. The highest BCUT2D eigenvalue weighted by Crippen LogP contribution is 2.26. The fourth-order valence-corrected chi connectivity index (χ4v) is 3.08. The van der Waals surface area contributed by atoms with Gasteiger partial charge in [-0.1, -0.05) is 25.5 Å². The minimum atomic E-state index is -0.373. The molecule has 0 aliphatic carbocycles. The number of hydrogen-bond donors (Lipinski definition) is 2. The molecular formula is C17H26N2O2. The number of rotatable bonds is 6. The van der Waals surface area contributed by atoms with Gasteiger partial charge in [-0.2, -0.15) is 0 Å². The van der Waals surface area contributed by atoms with Crippen LogP contribution in [0, 0.1) is 0 Å². The monoisotopic (exact) mass is 290 g/mol. The summed E-state index contributed by atoms with van der Waals surface area (Å²) in [6.07, 6.45) is 3.90. The number of nitrogens with one attached hydrogen (secondary N) is 2. The van der Waals surface area contributed by atoms with Gasteiger partial charge in [0.1, 0.15) is 5.75 Å². The van der Waals surface area contributed by atoms with Gasteiger partial charge in [-0.3, -0.25) is 4.79 Å².